The van der Waals surface area contributed by atoms with Crippen LogP contribution in [0, 0.1) is 0 Å². The lowest BCUT2D eigenvalue weighted by molar-refractivity contribution is 0.162. The molecular formula is C5H7Br2N2O3PS. The predicted molar refractivity (Wildman–Crippen MR) is 62.5 cm³/mol. The third-order valence-electron chi connectivity index (χ3n) is 1.24. The van der Waals surface area contributed by atoms with Crippen LogP contribution in [-0.2, 0) is 20.9 Å². The molecule has 0 aliphatic rings. The van der Waals surface area contributed by atoms with E-state index in [1.54, 1.807) is 6.20 Å². The van der Waals surface area contributed by atoms with Gasteiger partial charge in [-0.2, -0.15) is 0 Å². The average Bonchev–Trinajstić information content (AvgIpc) is 2.45. The van der Waals surface area contributed by atoms with Gasteiger partial charge < -0.3 is 13.7 Å². The Morgan fingerprint density at radius 1 is 1.43 bits per heavy atom. The summed E-state index contributed by atoms with van der Waals surface area (Å²) in [5.74, 6) is 0. The maximum absolute atomic E-state index is 5.23. The minimum atomic E-state index is -2.72. The van der Waals surface area contributed by atoms with Gasteiger partial charge in [-0.1, -0.05) is 4.85 Å². The number of nitrogens with zero attached hydrogens (tertiary/aromatic N) is 2. The van der Waals surface area contributed by atoms with E-state index in [0.29, 0.717) is 4.60 Å². The molecule has 0 aromatic carbocycles. The third kappa shape index (κ3) is 3.01. The monoisotopic (exact) mass is 364 g/mol. The van der Waals surface area contributed by atoms with Crippen molar-refractivity contribution in [2.45, 2.75) is 0 Å². The molecule has 1 aromatic heterocycles. The van der Waals surface area contributed by atoms with Gasteiger partial charge in [0.2, 0.25) is 0 Å². The summed E-state index contributed by atoms with van der Waals surface area (Å²) in [4.78, 5) is 1.20. The average molecular weight is 366 g/mol. The molecule has 0 spiro atoms. The molecule has 0 unspecified atom stereocenters. The molecule has 0 aliphatic heterocycles. The molecule has 0 saturated heterocycles. The topological polar surface area (TPSA) is 45.5 Å². The van der Waals surface area contributed by atoms with Gasteiger partial charge in [0.05, 0.1) is 10.7 Å². The summed E-state index contributed by atoms with van der Waals surface area (Å²) < 4.78 is 16.5. The maximum Gasteiger partial charge on any atom is 0.401 e. The Bertz CT molecular complexity index is 344. The molecule has 0 fully saturated rings. The van der Waals surface area contributed by atoms with Crippen LogP contribution in [0.2, 0.25) is 0 Å². The second kappa shape index (κ2) is 5.05. The maximum atomic E-state index is 5.23. The summed E-state index contributed by atoms with van der Waals surface area (Å²) in [5.41, 5.74) is 0. The molecule has 0 N–H and O–H groups in total. The molecule has 0 atom stereocenters. The number of aromatic nitrogens is 2. The van der Waals surface area contributed by atoms with Crippen molar-refractivity contribution in [2.75, 3.05) is 14.2 Å². The Labute approximate surface area is 103 Å². The molecule has 0 aliphatic carbocycles. The lowest BCUT2D eigenvalue weighted by atomic mass is 10.8. The van der Waals surface area contributed by atoms with Crippen LogP contribution in [-0.4, -0.2) is 24.2 Å². The van der Waals surface area contributed by atoms with Gasteiger partial charge in [-0.3, -0.25) is 0 Å². The Morgan fingerprint density at radius 2 is 2.00 bits per heavy atom. The molecule has 0 saturated carbocycles. The minimum Gasteiger partial charge on any atom is -0.315 e. The van der Waals surface area contributed by atoms with Crippen LogP contribution in [0.4, 0.5) is 0 Å². The van der Waals surface area contributed by atoms with Gasteiger partial charge in [-0.05, 0) is 31.9 Å². The highest BCUT2D eigenvalue weighted by molar-refractivity contribution is 9.13. The first-order valence-electron chi connectivity index (χ1n) is 3.33. The van der Waals surface area contributed by atoms with Gasteiger partial charge in [-0.25, -0.2) is 0 Å². The largest absolute Gasteiger partial charge is 0.401 e. The normalized spacial score (nSPS) is 11.7. The van der Waals surface area contributed by atoms with Crippen molar-refractivity contribution in [3.05, 3.63) is 15.3 Å². The van der Waals surface area contributed by atoms with Gasteiger partial charge in [0.25, 0.3) is 0 Å². The lowest BCUT2D eigenvalue weighted by Gasteiger charge is -2.16. The first kappa shape index (κ1) is 12.6. The summed E-state index contributed by atoms with van der Waals surface area (Å²) in [7, 11) is 2.86. The van der Waals surface area contributed by atoms with E-state index >= 15 is 0 Å². The molecule has 1 heterocycles. The molecule has 0 amide bonds. The fourth-order valence-electron chi connectivity index (χ4n) is 0.599. The van der Waals surface area contributed by atoms with Gasteiger partial charge in [0.1, 0.15) is 4.60 Å². The molecule has 0 bridgehead atoms. The summed E-state index contributed by atoms with van der Waals surface area (Å²) in [6.07, 6.45) is 1.60. The van der Waals surface area contributed by atoms with Crippen molar-refractivity contribution in [1.29, 1.82) is 0 Å². The highest BCUT2D eigenvalue weighted by atomic mass is 79.9. The van der Waals surface area contributed by atoms with Crippen molar-refractivity contribution in [3.8, 4) is 0 Å². The van der Waals surface area contributed by atoms with Gasteiger partial charge in [0.15, 0.2) is 0 Å². The van der Waals surface area contributed by atoms with E-state index in [1.807, 2.05) is 0 Å². The molecule has 9 heteroatoms. The summed E-state index contributed by atoms with van der Waals surface area (Å²) in [6.45, 7) is -2.72. The predicted octanol–water partition coefficient (Wildman–Crippen LogP) is 2.35. The molecule has 1 rings (SSSR count). The zero-order valence-corrected chi connectivity index (χ0v) is 12.2. The number of hydrogen-bond acceptors (Lipinski definition) is 5. The second-order valence-corrected chi connectivity index (χ2v) is 6.80. The first-order chi connectivity index (χ1) is 6.50. The summed E-state index contributed by atoms with van der Waals surface area (Å²) in [6, 6.07) is 0. The van der Waals surface area contributed by atoms with Crippen molar-refractivity contribution in [3.63, 3.8) is 0 Å². The van der Waals surface area contributed by atoms with Crippen LogP contribution in [0.3, 0.4) is 0 Å². The van der Waals surface area contributed by atoms with Crippen LogP contribution in [0.15, 0.2) is 15.3 Å². The number of rotatable bonds is 4. The first-order valence-corrected chi connectivity index (χ1v) is 7.47. The molecule has 5 nitrogen and oxygen atoms in total. The second-order valence-electron chi connectivity index (χ2n) is 2.06. The Hall–Kier alpha value is 0.540. The molecule has 0 radical (unpaired) electrons. The van der Waals surface area contributed by atoms with Crippen LogP contribution >= 0.6 is 38.6 Å². The SMILES string of the molecule is COP(=S)(OC)On1cc(Br)c(Br)n1. The fraction of sp³-hybridized carbons (Fsp3) is 0.400. The van der Waals surface area contributed by atoms with Crippen LogP contribution in [0.1, 0.15) is 0 Å². The van der Waals surface area contributed by atoms with E-state index in [-0.39, 0.29) is 0 Å². The van der Waals surface area contributed by atoms with Crippen molar-refractivity contribution in [2.24, 2.45) is 0 Å². The molecule has 1 aromatic rings. The standard InChI is InChI=1S/C5H7Br2N2O3PS/c1-10-13(14,11-2)12-9-3-4(6)5(7)8-9/h3H,1-2H3. The molecule has 80 valence electrons. The third-order valence-corrected chi connectivity index (χ3v) is 5.29. The van der Waals surface area contributed by atoms with Crippen LogP contribution < -0.4 is 4.62 Å². The zero-order chi connectivity index (χ0) is 10.8. The van der Waals surface area contributed by atoms with E-state index in [1.165, 1.54) is 19.1 Å². The quantitative estimate of drug-likeness (QED) is 0.766. The molecular weight excluding hydrogens is 359 g/mol. The Morgan fingerprint density at radius 3 is 2.36 bits per heavy atom. The lowest BCUT2D eigenvalue weighted by Crippen LogP contribution is -2.11. The van der Waals surface area contributed by atoms with Gasteiger partial charge in [-0.15, -0.1) is 5.10 Å². The van der Waals surface area contributed by atoms with Crippen molar-refractivity contribution < 1.29 is 13.7 Å². The van der Waals surface area contributed by atoms with Gasteiger partial charge in [0, 0.05) is 26.0 Å². The Balaban J connectivity index is 2.83. The minimum absolute atomic E-state index is 0.617. The van der Waals surface area contributed by atoms with Gasteiger partial charge >= 0.3 is 6.72 Å². The zero-order valence-electron chi connectivity index (χ0n) is 7.31. The van der Waals surface area contributed by atoms with E-state index in [9.17, 15) is 0 Å². The van der Waals surface area contributed by atoms with Crippen molar-refractivity contribution in [1.82, 2.24) is 9.94 Å². The Kier molecular flexibility index (Phi) is 4.55. The molecule has 14 heavy (non-hydrogen) atoms. The smallest absolute Gasteiger partial charge is 0.315 e. The fourth-order valence-corrected chi connectivity index (χ4v) is 1.89. The van der Waals surface area contributed by atoms with E-state index in [0.717, 1.165) is 4.47 Å². The van der Waals surface area contributed by atoms with Crippen LogP contribution in [0.25, 0.3) is 0 Å². The highest BCUT2D eigenvalue weighted by Crippen LogP contribution is 2.44. The van der Waals surface area contributed by atoms with E-state index < -0.39 is 6.72 Å². The number of halogens is 2. The highest BCUT2D eigenvalue weighted by Gasteiger charge is 2.20. The van der Waals surface area contributed by atoms with E-state index in [4.69, 9.17) is 25.5 Å². The summed E-state index contributed by atoms with van der Waals surface area (Å²) in [5, 5.41) is 3.96. The number of hydrogen-bond donors (Lipinski definition) is 0. The van der Waals surface area contributed by atoms with Crippen molar-refractivity contribution >= 4 is 50.4 Å². The summed E-state index contributed by atoms with van der Waals surface area (Å²) >= 11 is 11.5. The van der Waals surface area contributed by atoms with Crippen LogP contribution in [0.5, 0.6) is 0 Å². The van der Waals surface area contributed by atoms with E-state index in [2.05, 4.69) is 37.0 Å².